The molecule has 0 bridgehead atoms. The summed E-state index contributed by atoms with van der Waals surface area (Å²) in [7, 11) is -5.36. The standard InChI is InChI=1S/C20H28O3SSi/c1-5-17-18(20(15-21)25(2,3)4)13-9-10-14-19(17)24(22,23)16-11-7-6-8-12-16/h6-8,11-12,15H,5,9-10,13-14H2,1-4H3/b20-18+. The summed E-state index contributed by atoms with van der Waals surface area (Å²) < 4.78 is 26.5. The van der Waals surface area contributed by atoms with Crippen molar-refractivity contribution >= 4 is 24.2 Å². The van der Waals surface area contributed by atoms with Crippen molar-refractivity contribution in [2.45, 2.75) is 63.6 Å². The van der Waals surface area contributed by atoms with Crippen LogP contribution in [0.15, 0.2) is 56.5 Å². The Labute approximate surface area is 152 Å². The normalized spacial score (nSPS) is 18.7. The second-order valence-corrected chi connectivity index (χ2v) is 14.5. The Morgan fingerprint density at radius 1 is 1.08 bits per heavy atom. The zero-order chi connectivity index (χ0) is 18.7. The van der Waals surface area contributed by atoms with Gasteiger partial charge < -0.3 is 0 Å². The summed E-state index contributed by atoms with van der Waals surface area (Å²) in [5, 5.41) is 0.868. The summed E-state index contributed by atoms with van der Waals surface area (Å²) in [4.78, 5) is 12.7. The van der Waals surface area contributed by atoms with Crippen molar-refractivity contribution in [3.05, 3.63) is 51.6 Å². The summed E-state index contributed by atoms with van der Waals surface area (Å²) in [6.45, 7) is 8.43. The maximum Gasteiger partial charge on any atom is 0.203 e. The van der Waals surface area contributed by atoms with Crippen LogP contribution in [-0.2, 0) is 14.6 Å². The summed E-state index contributed by atoms with van der Waals surface area (Å²) in [5.41, 5.74) is 1.88. The van der Waals surface area contributed by atoms with Crippen molar-refractivity contribution in [3.63, 3.8) is 0 Å². The molecule has 0 fully saturated rings. The monoisotopic (exact) mass is 376 g/mol. The molecule has 136 valence electrons. The largest absolute Gasteiger partial charge is 0.299 e. The van der Waals surface area contributed by atoms with Crippen LogP contribution in [0.1, 0.15) is 39.0 Å². The molecule has 0 N–H and O–H groups in total. The van der Waals surface area contributed by atoms with Gasteiger partial charge in [0.2, 0.25) is 9.84 Å². The van der Waals surface area contributed by atoms with Gasteiger partial charge in [-0.15, -0.1) is 0 Å². The van der Waals surface area contributed by atoms with E-state index in [2.05, 4.69) is 19.6 Å². The number of carbonyl (C=O) groups excluding carboxylic acids is 1. The van der Waals surface area contributed by atoms with Crippen molar-refractivity contribution in [3.8, 4) is 0 Å². The van der Waals surface area contributed by atoms with Crippen LogP contribution >= 0.6 is 0 Å². The minimum absolute atomic E-state index is 0.345. The molecule has 1 aromatic carbocycles. The second kappa shape index (κ2) is 7.83. The lowest BCUT2D eigenvalue weighted by atomic mass is 10.0. The Balaban J connectivity index is 2.77. The first kappa shape index (κ1) is 19.9. The minimum atomic E-state index is -3.52. The van der Waals surface area contributed by atoms with Crippen LogP contribution in [-0.4, -0.2) is 22.8 Å². The Morgan fingerprint density at radius 3 is 2.20 bits per heavy atom. The number of carbonyl (C=O) groups is 1. The molecule has 25 heavy (non-hydrogen) atoms. The third kappa shape index (κ3) is 4.21. The molecule has 0 atom stereocenters. The first-order valence-electron chi connectivity index (χ1n) is 8.94. The Hall–Kier alpha value is -1.46. The van der Waals surface area contributed by atoms with E-state index in [1.54, 1.807) is 24.3 Å². The summed E-state index contributed by atoms with van der Waals surface area (Å²) in [6, 6.07) is 8.64. The molecule has 0 amide bonds. The highest BCUT2D eigenvalue weighted by atomic mass is 32.2. The smallest absolute Gasteiger partial charge is 0.203 e. The highest BCUT2D eigenvalue weighted by molar-refractivity contribution is 7.95. The van der Waals surface area contributed by atoms with Gasteiger partial charge in [-0.05, 0) is 60.6 Å². The van der Waals surface area contributed by atoms with Gasteiger partial charge in [-0.25, -0.2) is 8.42 Å². The molecular weight excluding hydrogens is 348 g/mol. The fourth-order valence-electron chi connectivity index (χ4n) is 3.50. The SMILES string of the molecule is CCC1=C(S(=O)(=O)c2ccccc2)CCCC/C1=C(/C=O)[Si](C)(C)C. The van der Waals surface area contributed by atoms with Crippen LogP contribution in [0, 0.1) is 0 Å². The fraction of sp³-hybridized carbons (Fsp3) is 0.450. The van der Waals surface area contributed by atoms with Gasteiger partial charge in [0, 0.05) is 0 Å². The third-order valence-electron chi connectivity index (χ3n) is 4.76. The Morgan fingerprint density at radius 2 is 1.68 bits per heavy atom. The highest BCUT2D eigenvalue weighted by Crippen LogP contribution is 2.38. The van der Waals surface area contributed by atoms with E-state index in [4.69, 9.17) is 0 Å². The van der Waals surface area contributed by atoms with Crippen molar-refractivity contribution < 1.29 is 13.2 Å². The van der Waals surface area contributed by atoms with Crippen LogP contribution in [0.5, 0.6) is 0 Å². The molecule has 0 aliphatic heterocycles. The molecule has 0 saturated heterocycles. The van der Waals surface area contributed by atoms with E-state index in [1.165, 1.54) is 0 Å². The third-order valence-corrected chi connectivity index (χ3v) is 8.79. The number of allylic oxidation sites excluding steroid dienone is 4. The first-order valence-corrected chi connectivity index (χ1v) is 13.9. The fourth-order valence-corrected chi connectivity index (χ4v) is 6.84. The zero-order valence-corrected chi connectivity index (χ0v) is 17.4. The van der Waals surface area contributed by atoms with Crippen molar-refractivity contribution in [1.29, 1.82) is 0 Å². The van der Waals surface area contributed by atoms with E-state index in [9.17, 15) is 13.2 Å². The van der Waals surface area contributed by atoms with Crippen LogP contribution in [0.4, 0.5) is 0 Å². The van der Waals surface area contributed by atoms with E-state index < -0.39 is 17.9 Å². The maximum atomic E-state index is 13.3. The average Bonchev–Trinajstić information content (AvgIpc) is 2.78. The number of aldehydes is 1. The molecule has 0 unspecified atom stereocenters. The quantitative estimate of drug-likeness (QED) is 0.409. The summed E-state index contributed by atoms with van der Waals surface area (Å²) >= 11 is 0. The van der Waals surface area contributed by atoms with Gasteiger partial charge in [-0.3, -0.25) is 4.79 Å². The first-order chi connectivity index (χ1) is 11.7. The maximum absolute atomic E-state index is 13.3. The number of sulfone groups is 1. The lowest BCUT2D eigenvalue weighted by Crippen LogP contribution is -2.27. The molecule has 0 spiro atoms. The molecule has 0 saturated carbocycles. The summed E-state index contributed by atoms with van der Waals surface area (Å²) in [6.07, 6.45) is 4.74. The van der Waals surface area contributed by atoms with Crippen molar-refractivity contribution in [2.75, 3.05) is 0 Å². The molecule has 1 aromatic rings. The van der Waals surface area contributed by atoms with Gasteiger partial charge in [-0.2, -0.15) is 0 Å². The van der Waals surface area contributed by atoms with Gasteiger partial charge in [0.25, 0.3) is 0 Å². The van der Waals surface area contributed by atoms with Gasteiger partial charge in [0.1, 0.15) is 6.29 Å². The lowest BCUT2D eigenvalue weighted by molar-refractivity contribution is -0.104. The van der Waals surface area contributed by atoms with Crippen LogP contribution in [0.2, 0.25) is 19.6 Å². The van der Waals surface area contributed by atoms with Crippen molar-refractivity contribution in [1.82, 2.24) is 0 Å². The van der Waals surface area contributed by atoms with E-state index in [0.29, 0.717) is 22.6 Å². The zero-order valence-electron chi connectivity index (χ0n) is 15.6. The minimum Gasteiger partial charge on any atom is -0.299 e. The van der Waals surface area contributed by atoms with Crippen LogP contribution in [0.3, 0.4) is 0 Å². The number of benzene rings is 1. The average molecular weight is 377 g/mol. The molecule has 5 heteroatoms. The number of rotatable bonds is 5. The molecule has 0 radical (unpaired) electrons. The van der Waals surface area contributed by atoms with Crippen LogP contribution < -0.4 is 0 Å². The predicted octanol–water partition coefficient (Wildman–Crippen LogP) is 5.07. The topological polar surface area (TPSA) is 51.2 Å². The molecule has 0 aromatic heterocycles. The van der Waals surface area contributed by atoms with Gasteiger partial charge in [-0.1, -0.05) is 44.8 Å². The van der Waals surface area contributed by atoms with Gasteiger partial charge in [0.05, 0.1) is 17.9 Å². The second-order valence-electron chi connectivity index (χ2n) is 7.54. The Bertz CT molecular complexity index is 797. The van der Waals surface area contributed by atoms with E-state index >= 15 is 0 Å². The van der Waals surface area contributed by atoms with Gasteiger partial charge >= 0.3 is 0 Å². The number of hydrogen-bond donors (Lipinski definition) is 0. The molecule has 0 heterocycles. The van der Waals surface area contributed by atoms with Gasteiger partial charge in [0.15, 0.2) is 0 Å². The predicted molar refractivity (Wildman–Crippen MR) is 106 cm³/mol. The van der Waals surface area contributed by atoms with E-state index in [0.717, 1.165) is 41.9 Å². The molecular formula is C20H28O3SSi. The molecule has 3 nitrogen and oxygen atoms in total. The lowest BCUT2D eigenvalue weighted by Gasteiger charge is -2.23. The number of hydrogen-bond acceptors (Lipinski definition) is 3. The molecule has 1 aliphatic rings. The van der Waals surface area contributed by atoms with Crippen molar-refractivity contribution in [2.24, 2.45) is 0 Å². The summed E-state index contributed by atoms with van der Waals surface area (Å²) in [5.74, 6) is 0. The van der Waals surface area contributed by atoms with E-state index in [-0.39, 0.29) is 0 Å². The Kier molecular flexibility index (Phi) is 6.22. The molecule has 2 rings (SSSR count). The van der Waals surface area contributed by atoms with E-state index in [1.807, 2.05) is 13.0 Å². The molecule has 1 aliphatic carbocycles. The highest BCUT2D eigenvalue weighted by Gasteiger charge is 2.30. The van der Waals surface area contributed by atoms with Crippen LogP contribution in [0.25, 0.3) is 0 Å².